The summed E-state index contributed by atoms with van der Waals surface area (Å²) in [5.74, 6) is -0.279. The number of rotatable bonds is 11. The summed E-state index contributed by atoms with van der Waals surface area (Å²) >= 11 is 1.25. The highest BCUT2D eigenvalue weighted by Crippen LogP contribution is 2.26. The Morgan fingerprint density at radius 1 is 1.05 bits per heavy atom. The predicted molar refractivity (Wildman–Crippen MR) is 169 cm³/mol. The zero-order valence-corrected chi connectivity index (χ0v) is 25.6. The predicted octanol–water partition coefficient (Wildman–Crippen LogP) is 3.61. The third-order valence-electron chi connectivity index (χ3n) is 7.98. The molecule has 0 spiro atoms. The van der Waals surface area contributed by atoms with Crippen LogP contribution in [0.5, 0.6) is 0 Å². The molecular weight excluding hydrogens is 582 g/mol. The van der Waals surface area contributed by atoms with Crippen LogP contribution in [0.2, 0.25) is 0 Å². The summed E-state index contributed by atoms with van der Waals surface area (Å²) in [5, 5.41) is 3.55. The lowest BCUT2D eigenvalue weighted by atomic mass is 10.1. The highest BCUT2D eigenvalue weighted by atomic mass is 32.2. The number of piperazine rings is 1. The van der Waals surface area contributed by atoms with Gasteiger partial charge in [-0.2, -0.15) is 4.98 Å². The third-order valence-corrected chi connectivity index (χ3v) is 8.75. The Balaban J connectivity index is 1.23. The van der Waals surface area contributed by atoms with E-state index >= 15 is 0 Å². The lowest BCUT2D eigenvalue weighted by molar-refractivity contribution is -0.164. The maximum atomic E-state index is 13.3. The Bertz CT molecular complexity index is 1710. The molecule has 1 fully saturated rings. The lowest BCUT2D eigenvalue weighted by Gasteiger charge is -2.32. The second kappa shape index (κ2) is 13.8. The number of nitrogens with zero attached hydrogens (tertiary/aromatic N) is 5. The molecule has 0 bridgehead atoms. The van der Waals surface area contributed by atoms with Crippen LogP contribution in [0.4, 0.5) is 11.6 Å². The number of hydrogen-bond donors (Lipinski definition) is 2. The number of benzene rings is 2. The van der Waals surface area contributed by atoms with Crippen molar-refractivity contribution in [1.82, 2.24) is 29.2 Å². The number of hydrogen-bond acceptors (Lipinski definition) is 11. The molecule has 0 unspecified atom stereocenters. The van der Waals surface area contributed by atoms with Gasteiger partial charge in [-0.15, -0.1) is 4.33 Å². The SMILES string of the molecule is CONC(=O)c1cn(-c2ccc3c(c2)CCC3)c2nc(Nc3cccc(CCN4CCN(SOOC)CC4)c3)ncc2c1=O. The second-order valence-electron chi connectivity index (χ2n) is 10.8. The fraction of sp³-hybridized carbons (Fsp3) is 0.355. The van der Waals surface area contributed by atoms with Crippen molar-refractivity contribution >= 4 is 40.8 Å². The van der Waals surface area contributed by atoms with E-state index in [1.807, 2.05) is 18.2 Å². The number of aromatic nitrogens is 3. The topological polar surface area (TPSA) is 123 Å². The van der Waals surface area contributed by atoms with E-state index in [4.69, 9.17) is 14.2 Å². The molecule has 1 aliphatic heterocycles. The van der Waals surface area contributed by atoms with E-state index < -0.39 is 11.3 Å². The Labute approximate surface area is 259 Å². The van der Waals surface area contributed by atoms with Crippen molar-refractivity contribution in [2.45, 2.75) is 25.7 Å². The monoisotopic (exact) mass is 617 g/mol. The van der Waals surface area contributed by atoms with Gasteiger partial charge in [0.15, 0.2) is 5.65 Å². The lowest BCUT2D eigenvalue weighted by Crippen LogP contribution is -2.44. The Morgan fingerprint density at radius 2 is 1.89 bits per heavy atom. The van der Waals surface area contributed by atoms with E-state index in [1.165, 1.54) is 55.5 Å². The molecule has 4 aromatic rings. The summed E-state index contributed by atoms with van der Waals surface area (Å²) in [6, 6.07) is 14.4. The number of nitrogens with one attached hydrogen (secondary N) is 2. The van der Waals surface area contributed by atoms with Gasteiger partial charge in [0.05, 0.1) is 19.6 Å². The Kier molecular flexibility index (Phi) is 9.50. The fourth-order valence-corrected chi connectivity index (χ4v) is 6.17. The van der Waals surface area contributed by atoms with Gasteiger partial charge in [0, 0.05) is 56.5 Å². The summed E-state index contributed by atoms with van der Waals surface area (Å²) in [7, 11) is 2.84. The molecule has 2 aliphatic rings. The van der Waals surface area contributed by atoms with Crippen LogP contribution in [-0.4, -0.2) is 76.6 Å². The van der Waals surface area contributed by atoms with Crippen LogP contribution in [0.15, 0.2) is 59.7 Å². The minimum absolute atomic E-state index is 0.0552. The van der Waals surface area contributed by atoms with Gasteiger partial charge in [0.2, 0.25) is 11.4 Å². The van der Waals surface area contributed by atoms with Crippen molar-refractivity contribution in [3.63, 3.8) is 0 Å². The second-order valence-corrected chi connectivity index (χ2v) is 11.6. The molecule has 44 heavy (non-hydrogen) atoms. The highest BCUT2D eigenvalue weighted by Gasteiger charge is 2.20. The molecule has 0 atom stereocenters. The van der Waals surface area contributed by atoms with E-state index in [2.05, 4.69) is 54.1 Å². The molecule has 2 aromatic carbocycles. The molecule has 1 amide bonds. The maximum absolute atomic E-state index is 13.3. The summed E-state index contributed by atoms with van der Waals surface area (Å²) < 4.78 is 8.89. The first-order valence-corrected chi connectivity index (χ1v) is 15.3. The van der Waals surface area contributed by atoms with Gasteiger partial charge in [-0.25, -0.2) is 19.7 Å². The van der Waals surface area contributed by atoms with Crippen molar-refractivity contribution in [2.24, 2.45) is 0 Å². The third kappa shape index (κ3) is 6.78. The molecule has 2 aromatic heterocycles. The molecule has 12 nitrogen and oxygen atoms in total. The maximum Gasteiger partial charge on any atom is 0.280 e. The first-order valence-electron chi connectivity index (χ1n) is 14.6. The molecule has 1 aliphatic carbocycles. The quantitative estimate of drug-likeness (QED) is 0.111. The molecule has 0 radical (unpaired) electrons. The molecule has 2 N–H and O–H groups in total. The first kappa shape index (κ1) is 30.2. The number of carbonyl (C=O) groups excluding carboxylic acids is 1. The van der Waals surface area contributed by atoms with Crippen molar-refractivity contribution in [3.05, 3.63) is 87.3 Å². The molecule has 0 saturated carbocycles. The summed E-state index contributed by atoms with van der Waals surface area (Å²) in [5.41, 5.74) is 7.59. The van der Waals surface area contributed by atoms with E-state index in [0.717, 1.165) is 69.8 Å². The van der Waals surface area contributed by atoms with Crippen molar-refractivity contribution < 1.29 is 18.9 Å². The van der Waals surface area contributed by atoms with Crippen LogP contribution in [-0.2, 0) is 33.3 Å². The molecule has 6 rings (SSSR count). The minimum atomic E-state index is -0.630. The zero-order chi connectivity index (χ0) is 30.5. The van der Waals surface area contributed by atoms with Gasteiger partial charge >= 0.3 is 0 Å². The van der Waals surface area contributed by atoms with Crippen molar-refractivity contribution in [2.75, 3.05) is 52.3 Å². The van der Waals surface area contributed by atoms with E-state index in [9.17, 15) is 9.59 Å². The average molecular weight is 618 g/mol. The van der Waals surface area contributed by atoms with Gasteiger partial charge in [-0.3, -0.25) is 14.4 Å². The molecule has 230 valence electrons. The van der Waals surface area contributed by atoms with Gasteiger partial charge < -0.3 is 14.8 Å². The number of pyridine rings is 1. The van der Waals surface area contributed by atoms with Crippen LogP contribution < -0.4 is 16.2 Å². The van der Waals surface area contributed by atoms with Gasteiger partial charge in [-0.1, -0.05) is 18.2 Å². The fourth-order valence-electron chi connectivity index (χ4n) is 5.71. The largest absolute Gasteiger partial charge is 0.324 e. The standard InChI is InChI=1S/C31H35N7O5S/c1-41-35-30(40)27-20-38(25-10-9-22-6-4-7-23(22)18-25)29-26(28(27)39)19-32-31(34-29)33-24-8-3-5-21(17-24)11-12-36-13-15-37(16-14-36)44-43-42-2/h3,5,8-10,17-20H,4,6-7,11-16H2,1-2H3,(H,35,40)(H,32,33,34). The van der Waals surface area contributed by atoms with E-state index in [0.29, 0.717) is 11.6 Å². The van der Waals surface area contributed by atoms with E-state index in [1.54, 1.807) is 4.57 Å². The smallest absolute Gasteiger partial charge is 0.280 e. The number of amides is 1. The molecular formula is C31H35N7O5S. The zero-order valence-electron chi connectivity index (χ0n) is 24.7. The number of aryl methyl sites for hydroxylation is 2. The van der Waals surface area contributed by atoms with Gasteiger partial charge in [0.25, 0.3) is 5.91 Å². The van der Waals surface area contributed by atoms with Crippen LogP contribution in [0.3, 0.4) is 0 Å². The molecule has 1 saturated heterocycles. The van der Waals surface area contributed by atoms with Gasteiger partial charge in [0.1, 0.15) is 17.8 Å². The normalized spacial score (nSPS) is 15.4. The number of carbonyl (C=O) groups is 1. The Morgan fingerprint density at radius 3 is 2.70 bits per heavy atom. The molecule has 3 heterocycles. The summed E-state index contributed by atoms with van der Waals surface area (Å²) in [4.78, 5) is 47.2. The van der Waals surface area contributed by atoms with Crippen LogP contribution in [0.25, 0.3) is 16.7 Å². The number of anilines is 2. The van der Waals surface area contributed by atoms with E-state index in [-0.39, 0.29) is 10.9 Å². The molecule has 13 heteroatoms. The number of hydroxylamine groups is 1. The van der Waals surface area contributed by atoms with Gasteiger partial charge in [-0.05, 0) is 66.6 Å². The van der Waals surface area contributed by atoms with Crippen molar-refractivity contribution in [3.8, 4) is 5.69 Å². The van der Waals surface area contributed by atoms with Crippen LogP contribution >= 0.6 is 12.2 Å². The highest BCUT2D eigenvalue weighted by molar-refractivity contribution is 7.92. The Hall–Kier alpha value is -3.85. The average Bonchev–Trinajstić information content (AvgIpc) is 3.52. The first-order chi connectivity index (χ1) is 21.5. The summed E-state index contributed by atoms with van der Waals surface area (Å²) in [6.45, 7) is 4.69. The minimum Gasteiger partial charge on any atom is -0.324 e. The van der Waals surface area contributed by atoms with Crippen molar-refractivity contribution in [1.29, 1.82) is 0 Å². The summed E-state index contributed by atoms with van der Waals surface area (Å²) in [6.07, 6.45) is 7.06. The van der Waals surface area contributed by atoms with Crippen LogP contribution in [0.1, 0.15) is 33.5 Å². The number of fused-ring (bicyclic) bond motifs is 2. The van der Waals surface area contributed by atoms with Crippen LogP contribution in [0, 0.1) is 0 Å².